The lowest BCUT2D eigenvalue weighted by Crippen LogP contribution is -1.80. The molecule has 0 heteroatoms. The average molecular weight is 737 g/mol. The summed E-state index contributed by atoms with van der Waals surface area (Å²) in [4.78, 5) is 0. The minimum Gasteiger partial charge on any atom is -0.0616 e. The summed E-state index contributed by atoms with van der Waals surface area (Å²) in [6.45, 7) is 25.3. The van der Waals surface area contributed by atoms with Crippen LogP contribution in [0.25, 0.3) is 21.5 Å². The maximum absolute atomic E-state index is 2.22. The Bertz CT molecular complexity index is 1980. The van der Waals surface area contributed by atoms with Crippen molar-refractivity contribution in [3.63, 3.8) is 0 Å². The summed E-state index contributed by atoms with van der Waals surface area (Å²) < 4.78 is 0. The second-order valence-electron chi connectivity index (χ2n) is 15.2. The van der Waals surface area contributed by atoms with Gasteiger partial charge in [-0.1, -0.05) is 225 Å². The molecule has 0 aliphatic heterocycles. The molecule has 0 aliphatic carbocycles. The summed E-state index contributed by atoms with van der Waals surface area (Å²) in [5, 5.41) is 5.41. The number of benzene rings is 8. The zero-order valence-electron chi connectivity index (χ0n) is 36.2. The highest BCUT2D eigenvalue weighted by Gasteiger charge is 1.97. The van der Waals surface area contributed by atoms with E-state index in [1.807, 2.05) is 0 Å². The van der Waals surface area contributed by atoms with E-state index in [-0.39, 0.29) is 0 Å². The smallest absolute Gasteiger partial charge is 0.0152 e. The highest BCUT2D eigenvalue weighted by Crippen LogP contribution is 2.21. The molecule has 0 unspecified atom stereocenters. The molecule has 0 aliphatic rings. The Morgan fingerprint density at radius 2 is 0.393 bits per heavy atom. The highest BCUT2D eigenvalue weighted by atomic mass is 14.0. The fraction of sp³-hybridized carbons (Fsp3) is 0.214. The van der Waals surface area contributed by atoms with Crippen molar-refractivity contribution in [1.82, 2.24) is 0 Å². The molecule has 56 heavy (non-hydrogen) atoms. The SMILES string of the molecule is Cc1ccc(C)c2ccccc12.Cc1ccc(C)cc1.Cc1ccc(C)cc1.Cc1ccc(C)cc1.Cc1ccc(C)cc1.Cc1ccc2cc(C)ccc2c1. The zero-order valence-corrected chi connectivity index (χ0v) is 36.2. The maximum Gasteiger partial charge on any atom is -0.0152 e. The molecule has 0 atom stereocenters. The minimum absolute atomic E-state index is 1.33. The van der Waals surface area contributed by atoms with Crippen LogP contribution in [0.1, 0.15) is 66.8 Å². The highest BCUT2D eigenvalue weighted by molar-refractivity contribution is 5.88. The number of aryl methyl sites for hydroxylation is 12. The van der Waals surface area contributed by atoms with Crippen molar-refractivity contribution in [1.29, 1.82) is 0 Å². The van der Waals surface area contributed by atoms with Gasteiger partial charge in [0.1, 0.15) is 0 Å². The third kappa shape index (κ3) is 16.7. The molecule has 0 saturated carbocycles. The predicted molar refractivity (Wildman–Crippen MR) is 251 cm³/mol. The van der Waals surface area contributed by atoms with E-state index in [4.69, 9.17) is 0 Å². The van der Waals surface area contributed by atoms with E-state index in [1.165, 1.54) is 88.3 Å². The van der Waals surface area contributed by atoms with Crippen LogP contribution in [0.4, 0.5) is 0 Å². The van der Waals surface area contributed by atoms with Gasteiger partial charge < -0.3 is 0 Å². The van der Waals surface area contributed by atoms with Crippen LogP contribution >= 0.6 is 0 Å². The molecular weight excluding hydrogens is 673 g/mol. The lowest BCUT2D eigenvalue weighted by molar-refractivity contribution is 1.40. The predicted octanol–water partition coefficient (Wildman–Crippen LogP) is 16.1. The van der Waals surface area contributed by atoms with Gasteiger partial charge in [-0.05, 0) is 116 Å². The van der Waals surface area contributed by atoms with Gasteiger partial charge in [0, 0.05) is 0 Å². The van der Waals surface area contributed by atoms with Crippen molar-refractivity contribution in [2.45, 2.75) is 83.1 Å². The molecule has 0 spiro atoms. The first kappa shape index (κ1) is 44.7. The van der Waals surface area contributed by atoms with Crippen molar-refractivity contribution in [3.8, 4) is 0 Å². The molecular formula is C56H64. The van der Waals surface area contributed by atoms with E-state index >= 15 is 0 Å². The van der Waals surface area contributed by atoms with Crippen LogP contribution in [-0.4, -0.2) is 0 Å². The molecule has 0 bridgehead atoms. The Hall–Kier alpha value is -5.72. The van der Waals surface area contributed by atoms with Crippen LogP contribution in [0.3, 0.4) is 0 Å². The lowest BCUT2D eigenvalue weighted by atomic mass is 10.0. The molecule has 8 rings (SSSR count). The molecule has 0 amide bonds. The first-order chi connectivity index (χ1) is 26.7. The largest absolute Gasteiger partial charge is 0.0616 e. The number of hydrogen-bond donors (Lipinski definition) is 0. The van der Waals surface area contributed by atoms with E-state index in [0.717, 1.165) is 0 Å². The molecule has 0 nitrogen and oxygen atoms in total. The topological polar surface area (TPSA) is 0 Å². The van der Waals surface area contributed by atoms with E-state index in [9.17, 15) is 0 Å². The number of hydrogen-bond acceptors (Lipinski definition) is 0. The molecule has 0 aromatic heterocycles. The van der Waals surface area contributed by atoms with E-state index in [1.54, 1.807) is 0 Å². The van der Waals surface area contributed by atoms with Crippen molar-refractivity contribution in [2.24, 2.45) is 0 Å². The Labute approximate surface area is 339 Å². The Morgan fingerprint density at radius 3 is 0.607 bits per heavy atom. The van der Waals surface area contributed by atoms with E-state index in [2.05, 4.69) is 253 Å². The quantitative estimate of drug-likeness (QED) is 0.145. The zero-order chi connectivity index (χ0) is 41.0. The number of rotatable bonds is 0. The van der Waals surface area contributed by atoms with E-state index in [0.29, 0.717) is 0 Å². The summed E-state index contributed by atoms with van der Waals surface area (Å²) >= 11 is 0. The van der Waals surface area contributed by atoms with Gasteiger partial charge in [0.2, 0.25) is 0 Å². The molecule has 0 saturated heterocycles. The van der Waals surface area contributed by atoms with Gasteiger partial charge in [-0.3, -0.25) is 0 Å². The first-order valence-electron chi connectivity index (χ1n) is 19.7. The molecule has 0 heterocycles. The monoisotopic (exact) mass is 737 g/mol. The van der Waals surface area contributed by atoms with Crippen LogP contribution < -0.4 is 0 Å². The number of fused-ring (bicyclic) bond motifs is 2. The van der Waals surface area contributed by atoms with Gasteiger partial charge >= 0.3 is 0 Å². The summed E-state index contributed by atoms with van der Waals surface area (Å²) in [6, 6.07) is 59.9. The standard InChI is InChI=1S/2C12H12.4C8H10/c1-9-3-5-12-8-10(2)4-6-11(12)7-9;1-9-7-8-10(2)12-6-4-3-5-11(9)12;4*1-7-3-5-8(2)6-4-7/h2*3-8H,1-2H3;4*3-6H,1-2H3. The fourth-order valence-electron chi connectivity index (χ4n) is 5.63. The van der Waals surface area contributed by atoms with Crippen molar-refractivity contribution < 1.29 is 0 Å². The van der Waals surface area contributed by atoms with Crippen LogP contribution in [0.15, 0.2) is 170 Å². The second kappa shape index (κ2) is 23.3. The van der Waals surface area contributed by atoms with Crippen LogP contribution in [-0.2, 0) is 0 Å². The first-order valence-corrected chi connectivity index (χ1v) is 19.7. The Kier molecular flexibility index (Phi) is 18.6. The molecule has 0 fully saturated rings. The molecule has 0 N–H and O–H groups in total. The van der Waals surface area contributed by atoms with Gasteiger partial charge in [-0.2, -0.15) is 0 Å². The van der Waals surface area contributed by atoms with Crippen molar-refractivity contribution in [3.05, 3.63) is 237 Å². The van der Waals surface area contributed by atoms with Gasteiger partial charge in [-0.15, -0.1) is 0 Å². The van der Waals surface area contributed by atoms with Gasteiger partial charge in [0.15, 0.2) is 0 Å². The minimum atomic E-state index is 1.33. The molecule has 8 aromatic carbocycles. The summed E-state index contributed by atoms with van der Waals surface area (Å²) in [6.07, 6.45) is 0. The third-order valence-electron chi connectivity index (χ3n) is 9.38. The van der Waals surface area contributed by atoms with Crippen molar-refractivity contribution in [2.75, 3.05) is 0 Å². The average Bonchev–Trinajstić information content (AvgIpc) is 3.19. The Balaban J connectivity index is 0.000000182. The fourth-order valence-corrected chi connectivity index (χ4v) is 5.63. The maximum atomic E-state index is 2.22. The summed E-state index contributed by atoms with van der Waals surface area (Å²) in [5.41, 5.74) is 16.0. The third-order valence-corrected chi connectivity index (χ3v) is 9.38. The van der Waals surface area contributed by atoms with Crippen LogP contribution in [0, 0.1) is 83.1 Å². The molecule has 288 valence electrons. The lowest BCUT2D eigenvalue weighted by Gasteiger charge is -2.03. The molecule has 0 radical (unpaired) electrons. The second-order valence-corrected chi connectivity index (χ2v) is 15.2. The van der Waals surface area contributed by atoms with Crippen LogP contribution in [0.5, 0.6) is 0 Å². The van der Waals surface area contributed by atoms with Crippen LogP contribution in [0.2, 0.25) is 0 Å². The van der Waals surface area contributed by atoms with Gasteiger partial charge in [0.05, 0.1) is 0 Å². The van der Waals surface area contributed by atoms with Gasteiger partial charge in [0.25, 0.3) is 0 Å². The van der Waals surface area contributed by atoms with Gasteiger partial charge in [-0.25, -0.2) is 0 Å². The Morgan fingerprint density at radius 1 is 0.196 bits per heavy atom. The van der Waals surface area contributed by atoms with Crippen molar-refractivity contribution >= 4 is 21.5 Å². The normalized spacial score (nSPS) is 9.79. The summed E-state index contributed by atoms with van der Waals surface area (Å²) in [7, 11) is 0. The van der Waals surface area contributed by atoms with E-state index < -0.39 is 0 Å². The molecule has 8 aromatic rings. The summed E-state index contributed by atoms with van der Waals surface area (Å²) in [5.74, 6) is 0.